The molecule has 0 atom stereocenters. The Morgan fingerprint density at radius 2 is 1.75 bits per heavy atom. The van der Waals surface area contributed by atoms with Crippen LogP contribution in [0.2, 0.25) is 0 Å². The standard InChI is InChI=1S/C22H21N3O3/c1-14-6-4-9-19(15(14)2)24-18-10-11-23-20(13-18)21(26)25-17-8-5-7-16(12-17)22(27)28-3/h4-13H,1-3H3,(H,23,24)(H,25,26). The van der Waals surface area contributed by atoms with Gasteiger partial charge in [-0.25, -0.2) is 4.79 Å². The van der Waals surface area contributed by atoms with Crippen molar-refractivity contribution in [3.8, 4) is 0 Å². The van der Waals surface area contributed by atoms with Crippen LogP contribution in [0.5, 0.6) is 0 Å². The first-order chi connectivity index (χ1) is 13.5. The second-order valence-corrected chi connectivity index (χ2v) is 6.33. The molecule has 0 spiro atoms. The number of carbonyl (C=O) groups is 2. The van der Waals surface area contributed by atoms with Gasteiger partial charge in [-0.3, -0.25) is 9.78 Å². The highest BCUT2D eigenvalue weighted by atomic mass is 16.5. The molecular weight excluding hydrogens is 354 g/mol. The minimum Gasteiger partial charge on any atom is -0.465 e. The van der Waals surface area contributed by atoms with Crippen molar-refractivity contribution in [1.82, 2.24) is 4.98 Å². The summed E-state index contributed by atoms with van der Waals surface area (Å²) in [4.78, 5) is 28.4. The van der Waals surface area contributed by atoms with Crippen LogP contribution in [0.4, 0.5) is 17.1 Å². The summed E-state index contributed by atoms with van der Waals surface area (Å²) in [7, 11) is 1.31. The number of ether oxygens (including phenoxy) is 1. The number of esters is 1. The molecule has 0 aliphatic rings. The highest BCUT2D eigenvalue weighted by Crippen LogP contribution is 2.23. The maximum absolute atomic E-state index is 12.6. The van der Waals surface area contributed by atoms with Gasteiger partial charge in [0.1, 0.15) is 5.69 Å². The lowest BCUT2D eigenvalue weighted by Crippen LogP contribution is -2.14. The van der Waals surface area contributed by atoms with Crippen LogP contribution in [0, 0.1) is 13.8 Å². The van der Waals surface area contributed by atoms with Gasteiger partial charge in [-0.05, 0) is 61.4 Å². The molecule has 6 nitrogen and oxygen atoms in total. The third kappa shape index (κ3) is 4.35. The molecule has 6 heteroatoms. The minimum absolute atomic E-state index is 0.263. The van der Waals surface area contributed by atoms with Gasteiger partial charge in [0.15, 0.2) is 0 Å². The lowest BCUT2D eigenvalue weighted by Gasteiger charge is -2.12. The number of nitrogens with zero attached hydrogens (tertiary/aromatic N) is 1. The Bertz CT molecular complexity index is 1030. The van der Waals surface area contributed by atoms with Gasteiger partial charge in [0.2, 0.25) is 0 Å². The van der Waals surface area contributed by atoms with Crippen molar-refractivity contribution in [2.75, 3.05) is 17.7 Å². The Labute approximate surface area is 163 Å². The van der Waals surface area contributed by atoms with Gasteiger partial charge < -0.3 is 15.4 Å². The zero-order valence-electron chi connectivity index (χ0n) is 15.9. The van der Waals surface area contributed by atoms with Crippen LogP contribution in [0.15, 0.2) is 60.8 Å². The Balaban J connectivity index is 1.77. The van der Waals surface area contributed by atoms with Gasteiger partial charge in [0, 0.05) is 23.3 Å². The van der Waals surface area contributed by atoms with Crippen molar-refractivity contribution < 1.29 is 14.3 Å². The molecule has 0 saturated carbocycles. The zero-order chi connectivity index (χ0) is 20.1. The van der Waals surface area contributed by atoms with Crippen LogP contribution in [-0.4, -0.2) is 24.0 Å². The van der Waals surface area contributed by atoms with E-state index in [1.165, 1.54) is 12.7 Å². The van der Waals surface area contributed by atoms with E-state index in [2.05, 4.69) is 15.6 Å². The number of aryl methyl sites for hydroxylation is 1. The largest absolute Gasteiger partial charge is 0.465 e. The number of benzene rings is 2. The summed E-state index contributed by atoms with van der Waals surface area (Å²) in [6, 6.07) is 16.0. The van der Waals surface area contributed by atoms with Gasteiger partial charge in [0.25, 0.3) is 5.91 Å². The Hall–Kier alpha value is -3.67. The predicted molar refractivity (Wildman–Crippen MR) is 109 cm³/mol. The number of nitrogens with one attached hydrogen (secondary N) is 2. The molecule has 0 unspecified atom stereocenters. The van der Waals surface area contributed by atoms with E-state index in [9.17, 15) is 9.59 Å². The second kappa shape index (κ2) is 8.35. The number of aromatic nitrogens is 1. The quantitative estimate of drug-likeness (QED) is 0.643. The van der Waals surface area contributed by atoms with E-state index in [0.29, 0.717) is 11.3 Å². The summed E-state index contributed by atoms with van der Waals surface area (Å²) in [5, 5.41) is 6.07. The van der Waals surface area contributed by atoms with E-state index >= 15 is 0 Å². The highest BCUT2D eigenvalue weighted by molar-refractivity contribution is 6.04. The van der Waals surface area contributed by atoms with Crippen molar-refractivity contribution >= 4 is 28.9 Å². The number of pyridine rings is 1. The molecule has 3 rings (SSSR count). The molecule has 28 heavy (non-hydrogen) atoms. The lowest BCUT2D eigenvalue weighted by atomic mass is 10.1. The molecule has 0 aliphatic carbocycles. The van der Waals surface area contributed by atoms with Gasteiger partial charge in [-0.2, -0.15) is 0 Å². The molecule has 2 aromatic carbocycles. The van der Waals surface area contributed by atoms with Crippen molar-refractivity contribution in [3.63, 3.8) is 0 Å². The number of anilines is 3. The topological polar surface area (TPSA) is 80.3 Å². The molecule has 3 aromatic rings. The molecule has 0 bridgehead atoms. The maximum Gasteiger partial charge on any atom is 0.337 e. The molecule has 0 fully saturated rings. The lowest BCUT2D eigenvalue weighted by molar-refractivity contribution is 0.0600. The molecule has 0 saturated heterocycles. The summed E-state index contributed by atoms with van der Waals surface area (Å²) >= 11 is 0. The van der Waals surface area contributed by atoms with Crippen LogP contribution in [0.25, 0.3) is 0 Å². The van der Waals surface area contributed by atoms with Crippen molar-refractivity contribution in [2.24, 2.45) is 0 Å². The number of hydrogen-bond acceptors (Lipinski definition) is 5. The van der Waals surface area contributed by atoms with Crippen LogP contribution in [0.3, 0.4) is 0 Å². The fourth-order valence-corrected chi connectivity index (χ4v) is 2.71. The first-order valence-corrected chi connectivity index (χ1v) is 8.77. The van der Waals surface area contributed by atoms with E-state index in [-0.39, 0.29) is 11.6 Å². The van der Waals surface area contributed by atoms with Gasteiger partial charge in [0.05, 0.1) is 12.7 Å². The smallest absolute Gasteiger partial charge is 0.337 e. The molecule has 1 aromatic heterocycles. The van der Waals surface area contributed by atoms with Crippen molar-refractivity contribution in [3.05, 3.63) is 83.2 Å². The third-order valence-corrected chi connectivity index (χ3v) is 4.42. The van der Waals surface area contributed by atoms with E-state index in [1.54, 1.807) is 42.6 Å². The molecule has 1 amide bonds. The van der Waals surface area contributed by atoms with Crippen LogP contribution < -0.4 is 10.6 Å². The van der Waals surface area contributed by atoms with E-state index in [4.69, 9.17) is 4.74 Å². The fourth-order valence-electron chi connectivity index (χ4n) is 2.71. The van der Waals surface area contributed by atoms with Crippen LogP contribution in [0.1, 0.15) is 32.0 Å². The Morgan fingerprint density at radius 1 is 0.964 bits per heavy atom. The SMILES string of the molecule is COC(=O)c1cccc(NC(=O)c2cc(Nc3cccc(C)c3C)ccn2)c1. The first kappa shape index (κ1) is 19.1. The molecule has 142 valence electrons. The zero-order valence-corrected chi connectivity index (χ0v) is 15.9. The molecule has 0 aliphatic heterocycles. The first-order valence-electron chi connectivity index (χ1n) is 8.77. The van der Waals surface area contributed by atoms with Gasteiger partial charge in [-0.15, -0.1) is 0 Å². The Morgan fingerprint density at radius 3 is 2.54 bits per heavy atom. The highest BCUT2D eigenvalue weighted by Gasteiger charge is 2.11. The summed E-state index contributed by atoms with van der Waals surface area (Å²) in [5.41, 5.74) is 5.17. The molecule has 1 heterocycles. The number of rotatable bonds is 5. The number of hydrogen-bond donors (Lipinski definition) is 2. The Kier molecular flexibility index (Phi) is 5.69. The molecule has 0 radical (unpaired) electrons. The fraction of sp³-hybridized carbons (Fsp3) is 0.136. The van der Waals surface area contributed by atoms with Crippen molar-refractivity contribution in [2.45, 2.75) is 13.8 Å². The van der Waals surface area contributed by atoms with Crippen LogP contribution in [-0.2, 0) is 4.74 Å². The molecular formula is C22H21N3O3. The monoisotopic (exact) mass is 375 g/mol. The predicted octanol–water partition coefficient (Wildman–Crippen LogP) is 4.48. The van der Waals surface area contributed by atoms with E-state index in [1.807, 2.05) is 32.0 Å². The summed E-state index contributed by atoms with van der Waals surface area (Å²) < 4.78 is 4.70. The number of methoxy groups -OCH3 is 1. The average molecular weight is 375 g/mol. The molecule has 2 N–H and O–H groups in total. The van der Waals surface area contributed by atoms with Crippen molar-refractivity contribution in [1.29, 1.82) is 0 Å². The van der Waals surface area contributed by atoms with Gasteiger partial charge >= 0.3 is 5.97 Å². The summed E-state index contributed by atoms with van der Waals surface area (Å²) in [5.74, 6) is -0.833. The van der Waals surface area contributed by atoms with Crippen LogP contribution >= 0.6 is 0 Å². The minimum atomic E-state index is -0.464. The second-order valence-electron chi connectivity index (χ2n) is 6.33. The normalized spacial score (nSPS) is 10.2. The summed E-state index contributed by atoms with van der Waals surface area (Å²) in [6.07, 6.45) is 1.58. The van der Waals surface area contributed by atoms with E-state index < -0.39 is 5.97 Å². The number of amides is 1. The van der Waals surface area contributed by atoms with Gasteiger partial charge in [-0.1, -0.05) is 18.2 Å². The summed E-state index contributed by atoms with van der Waals surface area (Å²) in [6.45, 7) is 4.09. The van der Waals surface area contributed by atoms with E-state index in [0.717, 1.165) is 16.9 Å². The third-order valence-electron chi connectivity index (χ3n) is 4.42. The average Bonchev–Trinajstić information content (AvgIpc) is 2.71. The number of carbonyl (C=O) groups excluding carboxylic acids is 2. The maximum atomic E-state index is 12.6.